The predicted octanol–water partition coefficient (Wildman–Crippen LogP) is 3.59. The Hall–Kier alpha value is -1.24. The highest BCUT2D eigenvalue weighted by Crippen LogP contribution is 2.33. The highest BCUT2D eigenvalue weighted by molar-refractivity contribution is 8.01. The lowest BCUT2D eigenvalue weighted by Crippen LogP contribution is -1.89. The van der Waals surface area contributed by atoms with Crippen molar-refractivity contribution in [3.63, 3.8) is 0 Å². The zero-order valence-electron chi connectivity index (χ0n) is 9.29. The average molecular weight is 295 g/mol. The van der Waals surface area contributed by atoms with Gasteiger partial charge in [-0.3, -0.25) is 0 Å². The molecule has 2 aromatic heterocycles. The number of benzene rings is 1. The Kier molecular flexibility index (Phi) is 3.15. The van der Waals surface area contributed by atoms with Crippen molar-refractivity contribution in [2.24, 2.45) is 0 Å². The van der Waals surface area contributed by atoms with Gasteiger partial charge in [-0.1, -0.05) is 35.9 Å². The molecule has 4 nitrogen and oxygen atoms in total. The number of nitrogens with zero attached hydrogens (tertiary/aromatic N) is 4. The van der Waals surface area contributed by atoms with Gasteiger partial charge in [0.25, 0.3) is 0 Å². The molecule has 18 heavy (non-hydrogen) atoms. The Morgan fingerprint density at radius 2 is 1.94 bits per heavy atom. The zero-order valence-corrected chi connectivity index (χ0v) is 11.7. The summed E-state index contributed by atoms with van der Waals surface area (Å²) >= 11 is 8.85. The quantitative estimate of drug-likeness (QED) is 0.723. The van der Waals surface area contributed by atoms with E-state index in [2.05, 4.69) is 19.6 Å². The van der Waals surface area contributed by atoms with Gasteiger partial charge in [0.15, 0.2) is 9.49 Å². The number of hydrogen-bond acceptors (Lipinski definition) is 6. The fraction of sp³-hybridized carbons (Fsp3) is 0.0909. The van der Waals surface area contributed by atoms with Crippen LogP contribution >= 0.6 is 34.9 Å². The summed E-state index contributed by atoms with van der Waals surface area (Å²) in [5.74, 6) is 0.772. The third-order valence-corrected chi connectivity index (χ3v) is 4.42. The monoisotopic (exact) mass is 294 g/mol. The van der Waals surface area contributed by atoms with E-state index in [1.807, 2.05) is 31.2 Å². The standard InChI is InChI=1S/C11H7ClN4S2/c1-6-13-11(18-16-6)17-10-8-5-3-2-4-7(8)9(12)14-15-10/h2-5H,1H3. The van der Waals surface area contributed by atoms with E-state index in [1.54, 1.807) is 0 Å². The summed E-state index contributed by atoms with van der Waals surface area (Å²) in [6.07, 6.45) is 0. The molecule has 0 atom stereocenters. The maximum atomic E-state index is 6.03. The largest absolute Gasteiger partial charge is 0.213 e. The van der Waals surface area contributed by atoms with E-state index in [0.717, 1.165) is 26.0 Å². The zero-order chi connectivity index (χ0) is 12.5. The topological polar surface area (TPSA) is 51.6 Å². The van der Waals surface area contributed by atoms with Crippen LogP contribution in [0.4, 0.5) is 0 Å². The second-order valence-corrected chi connectivity index (χ2v) is 5.90. The minimum absolute atomic E-state index is 0.420. The summed E-state index contributed by atoms with van der Waals surface area (Å²) in [5, 5.41) is 11.2. The molecule has 0 unspecified atom stereocenters. The Balaban J connectivity index is 2.09. The van der Waals surface area contributed by atoms with Gasteiger partial charge in [-0.25, -0.2) is 4.98 Å². The van der Waals surface area contributed by atoms with Crippen LogP contribution in [0.3, 0.4) is 0 Å². The van der Waals surface area contributed by atoms with Crippen LogP contribution in [0.25, 0.3) is 10.8 Å². The van der Waals surface area contributed by atoms with E-state index in [1.165, 1.54) is 23.3 Å². The molecule has 3 aromatic rings. The maximum absolute atomic E-state index is 6.03. The van der Waals surface area contributed by atoms with E-state index < -0.39 is 0 Å². The van der Waals surface area contributed by atoms with Crippen LogP contribution in [0.15, 0.2) is 33.6 Å². The van der Waals surface area contributed by atoms with Crippen LogP contribution in [0.2, 0.25) is 5.15 Å². The van der Waals surface area contributed by atoms with Gasteiger partial charge in [-0.05, 0) is 30.2 Å². The van der Waals surface area contributed by atoms with Crippen LogP contribution in [-0.4, -0.2) is 19.6 Å². The first-order valence-corrected chi connectivity index (χ1v) is 7.10. The average Bonchev–Trinajstić information content (AvgIpc) is 2.79. The molecule has 3 rings (SSSR count). The molecule has 1 aromatic carbocycles. The summed E-state index contributed by atoms with van der Waals surface area (Å²) in [5.41, 5.74) is 0. The van der Waals surface area contributed by atoms with E-state index in [9.17, 15) is 0 Å². The number of halogens is 1. The Morgan fingerprint density at radius 3 is 2.67 bits per heavy atom. The van der Waals surface area contributed by atoms with Crippen LogP contribution in [0, 0.1) is 6.92 Å². The summed E-state index contributed by atoms with van der Waals surface area (Å²) in [6.45, 7) is 1.87. The number of aromatic nitrogens is 4. The fourth-order valence-electron chi connectivity index (χ4n) is 1.52. The van der Waals surface area contributed by atoms with E-state index in [-0.39, 0.29) is 0 Å². The molecule has 7 heteroatoms. The van der Waals surface area contributed by atoms with E-state index >= 15 is 0 Å². The van der Waals surface area contributed by atoms with Crippen LogP contribution in [0.5, 0.6) is 0 Å². The summed E-state index contributed by atoms with van der Waals surface area (Å²) in [7, 11) is 0. The smallest absolute Gasteiger partial charge is 0.176 e. The first-order chi connectivity index (χ1) is 8.74. The van der Waals surface area contributed by atoms with E-state index in [0.29, 0.717) is 5.15 Å². The molecule has 0 N–H and O–H groups in total. The van der Waals surface area contributed by atoms with Crippen molar-refractivity contribution < 1.29 is 0 Å². The number of hydrogen-bond donors (Lipinski definition) is 0. The minimum Gasteiger partial charge on any atom is -0.213 e. The van der Waals surface area contributed by atoms with Crippen molar-refractivity contribution in [1.29, 1.82) is 0 Å². The summed E-state index contributed by atoms with van der Waals surface area (Å²) in [6, 6.07) is 7.79. The molecule has 0 spiro atoms. The van der Waals surface area contributed by atoms with E-state index in [4.69, 9.17) is 11.6 Å². The maximum Gasteiger partial charge on any atom is 0.176 e. The molecule has 0 fully saturated rings. The first kappa shape index (κ1) is 11.8. The molecule has 0 aliphatic heterocycles. The van der Waals surface area contributed by atoms with Crippen molar-refractivity contribution >= 4 is 45.7 Å². The summed E-state index contributed by atoms with van der Waals surface area (Å²) in [4.78, 5) is 4.30. The lowest BCUT2D eigenvalue weighted by Gasteiger charge is -2.03. The number of rotatable bonds is 2. The first-order valence-electron chi connectivity index (χ1n) is 5.13. The number of fused-ring (bicyclic) bond motifs is 1. The minimum atomic E-state index is 0.420. The van der Waals surface area contributed by atoms with Crippen LogP contribution in [0.1, 0.15) is 5.82 Å². The highest BCUT2D eigenvalue weighted by Gasteiger charge is 2.11. The lowest BCUT2D eigenvalue weighted by molar-refractivity contribution is 0.954. The van der Waals surface area contributed by atoms with Crippen molar-refractivity contribution in [2.75, 3.05) is 0 Å². The lowest BCUT2D eigenvalue weighted by atomic mass is 10.2. The molecule has 0 saturated carbocycles. The fourth-order valence-corrected chi connectivity index (χ4v) is 3.36. The molecular formula is C11H7ClN4S2. The van der Waals surface area contributed by atoms with Crippen LogP contribution in [-0.2, 0) is 0 Å². The molecule has 0 saturated heterocycles. The molecule has 0 aliphatic carbocycles. The van der Waals surface area contributed by atoms with Gasteiger partial charge >= 0.3 is 0 Å². The Bertz CT molecular complexity index is 713. The van der Waals surface area contributed by atoms with Gasteiger partial charge < -0.3 is 0 Å². The molecule has 0 bridgehead atoms. The van der Waals surface area contributed by atoms with Gasteiger partial charge in [0.1, 0.15) is 10.9 Å². The van der Waals surface area contributed by atoms with Gasteiger partial charge in [0.05, 0.1) is 0 Å². The molecule has 0 aliphatic rings. The Morgan fingerprint density at radius 1 is 1.17 bits per heavy atom. The van der Waals surface area contributed by atoms with Crippen molar-refractivity contribution in [2.45, 2.75) is 16.3 Å². The second-order valence-electron chi connectivity index (χ2n) is 3.55. The van der Waals surface area contributed by atoms with Crippen molar-refractivity contribution in [1.82, 2.24) is 19.6 Å². The highest BCUT2D eigenvalue weighted by atomic mass is 35.5. The number of aryl methyl sites for hydroxylation is 1. The second kappa shape index (κ2) is 4.79. The van der Waals surface area contributed by atoms with Gasteiger partial charge in [0.2, 0.25) is 0 Å². The molecule has 2 heterocycles. The van der Waals surface area contributed by atoms with Gasteiger partial charge in [-0.15, -0.1) is 10.2 Å². The third kappa shape index (κ3) is 2.19. The Labute approximate surface area is 117 Å². The molecule has 90 valence electrons. The van der Waals surface area contributed by atoms with Gasteiger partial charge in [0, 0.05) is 10.8 Å². The third-order valence-electron chi connectivity index (χ3n) is 2.30. The molecule has 0 amide bonds. The predicted molar refractivity (Wildman–Crippen MR) is 73.3 cm³/mol. The van der Waals surface area contributed by atoms with Crippen LogP contribution < -0.4 is 0 Å². The SMILES string of the molecule is Cc1nsc(Sc2nnc(Cl)c3ccccc23)n1. The van der Waals surface area contributed by atoms with Crippen molar-refractivity contribution in [3.8, 4) is 0 Å². The summed E-state index contributed by atoms with van der Waals surface area (Å²) < 4.78 is 5.00. The normalized spacial score (nSPS) is 11.0. The molecule has 0 radical (unpaired) electrons. The molecular weight excluding hydrogens is 288 g/mol. The van der Waals surface area contributed by atoms with Crippen molar-refractivity contribution in [3.05, 3.63) is 35.2 Å². The van der Waals surface area contributed by atoms with Gasteiger partial charge in [-0.2, -0.15) is 4.37 Å².